The van der Waals surface area contributed by atoms with Gasteiger partial charge in [0.1, 0.15) is 5.75 Å². The van der Waals surface area contributed by atoms with E-state index in [1.54, 1.807) is 29.2 Å². The van der Waals surface area contributed by atoms with E-state index in [1.807, 2.05) is 6.07 Å². The molecule has 0 radical (unpaired) electrons. The number of benzene rings is 1. The number of carbonyl (C=O) groups excluding carboxylic acids is 1. The van der Waals surface area contributed by atoms with Crippen LogP contribution in [0.3, 0.4) is 0 Å². The molecule has 3 rings (SSSR count). The van der Waals surface area contributed by atoms with Gasteiger partial charge in [-0.2, -0.15) is 13.2 Å². The monoisotopic (exact) mass is 368 g/mol. The van der Waals surface area contributed by atoms with Crippen LogP contribution in [0.25, 0.3) is 0 Å². The Morgan fingerprint density at radius 2 is 1.88 bits per heavy atom. The number of carbonyl (C=O) groups is 1. The van der Waals surface area contributed by atoms with Crippen molar-refractivity contribution in [2.75, 3.05) is 32.8 Å². The quantitative estimate of drug-likeness (QED) is 0.813. The Bertz CT molecular complexity index is 724. The second kappa shape index (κ2) is 7.82. The number of alkyl halides is 3. The molecule has 2 heterocycles. The highest BCUT2D eigenvalue weighted by Gasteiger charge is 2.28. The molecule has 0 unspecified atom stereocenters. The number of piperazine rings is 1. The van der Waals surface area contributed by atoms with Gasteiger partial charge in [0.2, 0.25) is 0 Å². The number of nitrogens with zero attached hydrogens (tertiary/aromatic N) is 2. The number of hydrogen-bond acceptors (Lipinski definition) is 4. The van der Waals surface area contributed by atoms with E-state index in [-0.39, 0.29) is 11.7 Å². The molecule has 0 bridgehead atoms. The Balaban J connectivity index is 1.51. The van der Waals surface area contributed by atoms with E-state index in [2.05, 4.69) is 4.90 Å². The molecule has 0 aliphatic carbocycles. The van der Waals surface area contributed by atoms with Gasteiger partial charge in [0.25, 0.3) is 5.91 Å². The molecule has 2 aromatic rings. The van der Waals surface area contributed by atoms with Crippen molar-refractivity contribution in [2.45, 2.75) is 12.7 Å². The van der Waals surface area contributed by atoms with Gasteiger partial charge in [0.05, 0.1) is 6.26 Å². The highest BCUT2D eigenvalue weighted by atomic mass is 19.4. The number of amides is 1. The Morgan fingerprint density at radius 1 is 1.12 bits per heavy atom. The van der Waals surface area contributed by atoms with Crippen molar-refractivity contribution >= 4 is 5.91 Å². The van der Waals surface area contributed by atoms with Crippen molar-refractivity contribution in [2.24, 2.45) is 0 Å². The third-order valence-electron chi connectivity index (χ3n) is 4.10. The first-order chi connectivity index (χ1) is 12.4. The maximum atomic E-state index is 12.2. The van der Waals surface area contributed by atoms with Crippen molar-refractivity contribution in [1.82, 2.24) is 9.80 Å². The summed E-state index contributed by atoms with van der Waals surface area (Å²) in [5.74, 6) is 0.400. The minimum atomic E-state index is -4.35. The average molecular weight is 368 g/mol. The molecule has 5 nitrogen and oxygen atoms in total. The Labute approximate surface area is 148 Å². The highest BCUT2D eigenvalue weighted by Crippen LogP contribution is 2.20. The van der Waals surface area contributed by atoms with Crippen LogP contribution >= 0.6 is 0 Å². The van der Waals surface area contributed by atoms with Crippen LogP contribution in [0.5, 0.6) is 5.75 Å². The second-order valence-electron chi connectivity index (χ2n) is 6.10. The molecule has 1 amide bonds. The van der Waals surface area contributed by atoms with Gasteiger partial charge in [0.15, 0.2) is 12.4 Å². The lowest BCUT2D eigenvalue weighted by Crippen LogP contribution is -2.48. The molecule has 1 aromatic carbocycles. The first-order valence-corrected chi connectivity index (χ1v) is 8.24. The van der Waals surface area contributed by atoms with Crippen LogP contribution < -0.4 is 4.74 Å². The zero-order chi connectivity index (χ0) is 18.6. The van der Waals surface area contributed by atoms with Gasteiger partial charge in [-0.05, 0) is 29.8 Å². The van der Waals surface area contributed by atoms with Gasteiger partial charge in [0, 0.05) is 32.7 Å². The molecule has 1 aliphatic heterocycles. The molecule has 1 saturated heterocycles. The fourth-order valence-corrected chi connectivity index (χ4v) is 2.82. The second-order valence-corrected chi connectivity index (χ2v) is 6.10. The summed E-state index contributed by atoms with van der Waals surface area (Å²) in [6.07, 6.45) is -2.88. The summed E-state index contributed by atoms with van der Waals surface area (Å²) in [6, 6.07) is 9.97. The fourth-order valence-electron chi connectivity index (χ4n) is 2.82. The molecule has 0 spiro atoms. The minimum Gasteiger partial charge on any atom is -0.484 e. The molecule has 1 fully saturated rings. The van der Waals surface area contributed by atoms with E-state index in [0.717, 1.165) is 5.56 Å². The van der Waals surface area contributed by atoms with E-state index in [0.29, 0.717) is 38.5 Å². The first kappa shape index (κ1) is 18.3. The zero-order valence-electron chi connectivity index (χ0n) is 14.0. The molecule has 1 aromatic heterocycles. The third kappa shape index (κ3) is 5.01. The van der Waals surface area contributed by atoms with Crippen LogP contribution in [0, 0.1) is 0 Å². The summed E-state index contributed by atoms with van der Waals surface area (Å²) in [5.41, 5.74) is 0.871. The SMILES string of the molecule is O=C(c1ccco1)N1CCN(Cc2cccc(OCC(F)(F)F)c2)CC1. The third-order valence-corrected chi connectivity index (χ3v) is 4.10. The number of ether oxygens (including phenoxy) is 1. The van der Waals surface area contributed by atoms with E-state index in [9.17, 15) is 18.0 Å². The van der Waals surface area contributed by atoms with Crippen molar-refractivity contribution in [3.8, 4) is 5.75 Å². The van der Waals surface area contributed by atoms with Gasteiger partial charge < -0.3 is 14.1 Å². The van der Waals surface area contributed by atoms with Crippen LogP contribution in [0.1, 0.15) is 16.1 Å². The van der Waals surface area contributed by atoms with Crippen LogP contribution in [0.2, 0.25) is 0 Å². The molecular weight excluding hydrogens is 349 g/mol. The van der Waals surface area contributed by atoms with Crippen molar-refractivity contribution in [3.63, 3.8) is 0 Å². The first-order valence-electron chi connectivity index (χ1n) is 8.24. The predicted molar refractivity (Wildman–Crippen MR) is 87.9 cm³/mol. The average Bonchev–Trinajstić information content (AvgIpc) is 3.14. The molecule has 26 heavy (non-hydrogen) atoms. The van der Waals surface area contributed by atoms with Gasteiger partial charge in [-0.25, -0.2) is 0 Å². The molecule has 0 saturated carbocycles. The highest BCUT2D eigenvalue weighted by molar-refractivity contribution is 5.91. The zero-order valence-corrected chi connectivity index (χ0v) is 14.0. The Hall–Kier alpha value is -2.48. The van der Waals surface area contributed by atoms with Crippen LogP contribution in [0.4, 0.5) is 13.2 Å². The Kier molecular flexibility index (Phi) is 5.51. The van der Waals surface area contributed by atoms with Crippen molar-refractivity contribution < 1.29 is 27.1 Å². The Morgan fingerprint density at radius 3 is 2.54 bits per heavy atom. The van der Waals surface area contributed by atoms with Crippen LogP contribution in [0.15, 0.2) is 47.1 Å². The smallest absolute Gasteiger partial charge is 0.422 e. The topological polar surface area (TPSA) is 45.9 Å². The molecule has 140 valence electrons. The summed E-state index contributed by atoms with van der Waals surface area (Å²) < 4.78 is 46.7. The van der Waals surface area contributed by atoms with E-state index in [4.69, 9.17) is 9.15 Å². The largest absolute Gasteiger partial charge is 0.484 e. The normalized spacial score (nSPS) is 15.9. The predicted octanol–water partition coefficient (Wildman–Crippen LogP) is 3.18. The van der Waals surface area contributed by atoms with Crippen molar-refractivity contribution in [1.29, 1.82) is 0 Å². The van der Waals surface area contributed by atoms with Crippen LogP contribution in [-0.2, 0) is 6.54 Å². The number of halogens is 3. The summed E-state index contributed by atoms with van der Waals surface area (Å²) in [5, 5.41) is 0. The lowest BCUT2D eigenvalue weighted by atomic mass is 10.2. The molecule has 0 N–H and O–H groups in total. The number of furan rings is 1. The van der Waals surface area contributed by atoms with E-state index >= 15 is 0 Å². The summed E-state index contributed by atoms with van der Waals surface area (Å²) >= 11 is 0. The summed E-state index contributed by atoms with van der Waals surface area (Å²) in [6.45, 7) is 1.80. The van der Waals surface area contributed by atoms with Gasteiger partial charge >= 0.3 is 6.18 Å². The van der Waals surface area contributed by atoms with E-state index in [1.165, 1.54) is 12.3 Å². The van der Waals surface area contributed by atoms with Gasteiger partial charge in [-0.1, -0.05) is 12.1 Å². The number of rotatable bonds is 5. The minimum absolute atomic E-state index is 0.128. The molecule has 0 atom stereocenters. The molecular formula is C18H19F3N2O3. The summed E-state index contributed by atoms with van der Waals surface area (Å²) in [4.78, 5) is 16.1. The standard InChI is InChI=1S/C18H19F3N2O3/c19-18(20,21)13-26-15-4-1-3-14(11-15)12-22-6-8-23(9-7-22)17(24)16-5-2-10-25-16/h1-5,10-11H,6-9,12-13H2. The fraction of sp³-hybridized carbons (Fsp3) is 0.389. The van der Waals surface area contributed by atoms with Gasteiger partial charge in [-0.15, -0.1) is 0 Å². The maximum absolute atomic E-state index is 12.2. The lowest BCUT2D eigenvalue weighted by molar-refractivity contribution is -0.153. The lowest BCUT2D eigenvalue weighted by Gasteiger charge is -2.34. The summed E-state index contributed by atoms with van der Waals surface area (Å²) in [7, 11) is 0. The van der Waals surface area contributed by atoms with Crippen molar-refractivity contribution in [3.05, 3.63) is 54.0 Å². The maximum Gasteiger partial charge on any atom is 0.422 e. The van der Waals surface area contributed by atoms with Gasteiger partial charge in [-0.3, -0.25) is 9.69 Å². The molecule has 8 heteroatoms. The van der Waals surface area contributed by atoms with E-state index < -0.39 is 12.8 Å². The number of hydrogen-bond donors (Lipinski definition) is 0. The van der Waals surface area contributed by atoms with Crippen LogP contribution in [-0.4, -0.2) is 54.7 Å². The molecule has 1 aliphatic rings.